The lowest BCUT2D eigenvalue weighted by molar-refractivity contribution is -0.137. The van der Waals surface area contributed by atoms with E-state index in [-0.39, 0.29) is 18.0 Å². The van der Waals surface area contributed by atoms with Crippen LogP contribution < -0.4 is 5.32 Å². The van der Waals surface area contributed by atoms with E-state index < -0.39 is 11.7 Å². The molecule has 6 heteroatoms. The first-order valence-corrected chi connectivity index (χ1v) is 8.43. The van der Waals surface area contributed by atoms with E-state index in [9.17, 15) is 18.0 Å². The number of hydrogen-bond acceptors (Lipinski definition) is 2. The van der Waals surface area contributed by atoms with Gasteiger partial charge in [-0.15, -0.1) is 0 Å². The van der Waals surface area contributed by atoms with Crippen LogP contribution in [0.25, 0.3) is 0 Å². The van der Waals surface area contributed by atoms with Crippen molar-refractivity contribution < 1.29 is 18.0 Å². The number of amides is 1. The van der Waals surface area contributed by atoms with Crippen LogP contribution in [0.2, 0.25) is 0 Å². The highest BCUT2D eigenvalue weighted by molar-refractivity contribution is 5.75. The maximum absolute atomic E-state index is 12.6. The minimum Gasteiger partial charge on any atom is -0.342 e. The van der Waals surface area contributed by atoms with Crippen LogP contribution in [0.4, 0.5) is 13.2 Å². The molecule has 0 aliphatic carbocycles. The average molecular weight is 342 g/mol. The van der Waals surface area contributed by atoms with Gasteiger partial charge in [-0.1, -0.05) is 26.0 Å². The number of benzene rings is 1. The molecule has 0 saturated carbocycles. The summed E-state index contributed by atoms with van der Waals surface area (Å²) in [6, 6.07) is 5.53. The second kappa shape index (κ2) is 7.55. The van der Waals surface area contributed by atoms with Gasteiger partial charge in [0.25, 0.3) is 0 Å². The number of rotatable bonds is 4. The normalized spacial score (nSPS) is 23.2. The maximum Gasteiger partial charge on any atom is 0.416 e. The Hall–Kier alpha value is -1.56. The van der Waals surface area contributed by atoms with Crippen LogP contribution in [0.15, 0.2) is 24.3 Å². The first-order chi connectivity index (χ1) is 11.2. The number of hydrogen-bond donors (Lipinski definition) is 1. The summed E-state index contributed by atoms with van der Waals surface area (Å²) in [5, 5.41) is 3.50. The summed E-state index contributed by atoms with van der Waals surface area (Å²) in [5.41, 5.74) is 0.209. The predicted octanol–water partition coefficient (Wildman–Crippen LogP) is 4.00. The molecule has 0 spiro atoms. The Morgan fingerprint density at radius 3 is 2.46 bits per heavy atom. The van der Waals surface area contributed by atoms with Gasteiger partial charge in [-0.25, -0.2) is 0 Å². The Morgan fingerprint density at radius 2 is 1.96 bits per heavy atom. The highest BCUT2D eigenvalue weighted by Crippen LogP contribution is 2.30. The first kappa shape index (κ1) is 18.8. The molecule has 134 valence electrons. The lowest BCUT2D eigenvalue weighted by Gasteiger charge is -2.38. The highest BCUT2D eigenvalue weighted by Gasteiger charge is 2.31. The van der Waals surface area contributed by atoms with Gasteiger partial charge in [0, 0.05) is 31.6 Å². The van der Waals surface area contributed by atoms with Crippen molar-refractivity contribution in [3.63, 3.8) is 0 Å². The minimum absolute atomic E-state index is 0.0341. The standard InChI is InChI=1S/C18H25F3N2O/c1-4-17(24)23-10-9-16(12(2)11-23)22-13(3)14-5-7-15(8-6-14)18(19,20)21/h5-8,12-13,16,22H,4,9-11H2,1-3H3/t12-,13+,16-/m0/s1. The second-order valence-corrected chi connectivity index (χ2v) is 6.57. The minimum atomic E-state index is -4.30. The summed E-state index contributed by atoms with van der Waals surface area (Å²) in [6.45, 7) is 7.38. The fraction of sp³-hybridized carbons (Fsp3) is 0.611. The summed E-state index contributed by atoms with van der Waals surface area (Å²) < 4.78 is 37.9. The molecule has 0 bridgehead atoms. The van der Waals surface area contributed by atoms with Crippen molar-refractivity contribution in [3.8, 4) is 0 Å². The van der Waals surface area contributed by atoms with Crippen molar-refractivity contribution in [3.05, 3.63) is 35.4 Å². The molecule has 3 nitrogen and oxygen atoms in total. The predicted molar refractivity (Wildman–Crippen MR) is 87.4 cm³/mol. The zero-order valence-electron chi connectivity index (χ0n) is 14.4. The van der Waals surface area contributed by atoms with Gasteiger partial charge in [0.15, 0.2) is 0 Å². The number of carbonyl (C=O) groups is 1. The molecule has 0 unspecified atom stereocenters. The highest BCUT2D eigenvalue weighted by atomic mass is 19.4. The smallest absolute Gasteiger partial charge is 0.342 e. The van der Waals surface area contributed by atoms with Gasteiger partial charge in [-0.05, 0) is 37.0 Å². The van der Waals surface area contributed by atoms with Gasteiger partial charge in [0.1, 0.15) is 0 Å². The van der Waals surface area contributed by atoms with E-state index in [0.29, 0.717) is 12.3 Å². The summed E-state index contributed by atoms with van der Waals surface area (Å²) in [6.07, 6.45) is -2.92. The Bertz CT molecular complexity index is 556. The molecule has 1 aromatic carbocycles. The summed E-state index contributed by atoms with van der Waals surface area (Å²) in [5.74, 6) is 0.488. The van der Waals surface area contributed by atoms with E-state index in [1.165, 1.54) is 12.1 Å². The molecule has 1 aromatic rings. The molecule has 1 aliphatic rings. The van der Waals surface area contributed by atoms with Crippen molar-refractivity contribution in [1.82, 2.24) is 10.2 Å². The maximum atomic E-state index is 12.6. The first-order valence-electron chi connectivity index (χ1n) is 8.43. The van der Waals surface area contributed by atoms with Crippen molar-refractivity contribution in [2.24, 2.45) is 5.92 Å². The van der Waals surface area contributed by atoms with E-state index in [0.717, 1.165) is 37.2 Å². The molecule has 1 aliphatic heterocycles. The molecule has 1 N–H and O–H groups in total. The van der Waals surface area contributed by atoms with Gasteiger partial charge in [0.2, 0.25) is 5.91 Å². The summed E-state index contributed by atoms with van der Waals surface area (Å²) >= 11 is 0. The van der Waals surface area contributed by atoms with Crippen LogP contribution in [-0.2, 0) is 11.0 Å². The largest absolute Gasteiger partial charge is 0.416 e. The SMILES string of the molecule is CCC(=O)N1CC[C@H](N[C@H](C)c2ccc(C(F)(F)F)cc2)[C@@H](C)C1. The van der Waals surface area contributed by atoms with E-state index in [1.54, 1.807) is 0 Å². The van der Waals surface area contributed by atoms with Crippen LogP contribution in [0, 0.1) is 5.92 Å². The molecule has 1 amide bonds. The molecule has 0 radical (unpaired) electrons. The zero-order chi connectivity index (χ0) is 17.9. The zero-order valence-corrected chi connectivity index (χ0v) is 14.4. The fourth-order valence-electron chi connectivity index (χ4n) is 3.22. The van der Waals surface area contributed by atoms with Crippen molar-refractivity contribution in [2.45, 2.75) is 51.9 Å². The van der Waals surface area contributed by atoms with Crippen molar-refractivity contribution in [2.75, 3.05) is 13.1 Å². The van der Waals surface area contributed by atoms with Crippen LogP contribution in [0.3, 0.4) is 0 Å². The fourth-order valence-corrected chi connectivity index (χ4v) is 3.22. The topological polar surface area (TPSA) is 32.3 Å². The molecular formula is C18H25F3N2O. The lowest BCUT2D eigenvalue weighted by atomic mass is 9.92. The molecule has 1 fully saturated rings. The molecule has 0 aromatic heterocycles. The Kier molecular flexibility index (Phi) is 5.91. The number of halogens is 3. The van der Waals surface area contributed by atoms with E-state index in [2.05, 4.69) is 12.2 Å². The summed E-state index contributed by atoms with van der Waals surface area (Å²) in [7, 11) is 0. The lowest BCUT2D eigenvalue weighted by Crippen LogP contribution is -2.50. The van der Waals surface area contributed by atoms with E-state index in [4.69, 9.17) is 0 Å². The number of nitrogens with zero attached hydrogens (tertiary/aromatic N) is 1. The van der Waals surface area contributed by atoms with Crippen LogP contribution in [-0.4, -0.2) is 29.9 Å². The second-order valence-electron chi connectivity index (χ2n) is 6.57. The number of piperidine rings is 1. The Labute approximate surface area is 141 Å². The third-order valence-electron chi connectivity index (χ3n) is 4.76. The number of likely N-dealkylation sites (tertiary alicyclic amines) is 1. The number of nitrogens with one attached hydrogen (secondary N) is 1. The molecule has 24 heavy (non-hydrogen) atoms. The third-order valence-corrected chi connectivity index (χ3v) is 4.76. The molecular weight excluding hydrogens is 317 g/mol. The monoisotopic (exact) mass is 342 g/mol. The van der Waals surface area contributed by atoms with Gasteiger partial charge < -0.3 is 10.2 Å². The number of alkyl halides is 3. The molecule has 1 heterocycles. The van der Waals surface area contributed by atoms with E-state index >= 15 is 0 Å². The van der Waals surface area contributed by atoms with Crippen LogP contribution >= 0.6 is 0 Å². The molecule has 3 atom stereocenters. The number of carbonyl (C=O) groups excluding carboxylic acids is 1. The quantitative estimate of drug-likeness (QED) is 0.897. The third kappa shape index (κ3) is 4.50. The van der Waals surface area contributed by atoms with Gasteiger partial charge in [0.05, 0.1) is 5.56 Å². The van der Waals surface area contributed by atoms with E-state index in [1.807, 2.05) is 18.7 Å². The molecule has 2 rings (SSSR count). The average Bonchev–Trinajstić information content (AvgIpc) is 2.55. The van der Waals surface area contributed by atoms with Crippen LogP contribution in [0.5, 0.6) is 0 Å². The van der Waals surface area contributed by atoms with Crippen molar-refractivity contribution >= 4 is 5.91 Å². The van der Waals surface area contributed by atoms with Gasteiger partial charge in [-0.2, -0.15) is 13.2 Å². The molecule has 1 saturated heterocycles. The van der Waals surface area contributed by atoms with Crippen molar-refractivity contribution in [1.29, 1.82) is 0 Å². The van der Waals surface area contributed by atoms with Gasteiger partial charge >= 0.3 is 6.18 Å². The summed E-state index contributed by atoms with van der Waals surface area (Å²) in [4.78, 5) is 13.7. The van der Waals surface area contributed by atoms with Gasteiger partial charge in [-0.3, -0.25) is 4.79 Å². The Morgan fingerprint density at radius 1 is 1.33 bits per heavy atom. The van der Waals surface area contributed by atoms with Crippen LogP contribution in [0.1, 0.15) is 50.8 Å². The Balaban J connectivity index is 1.95.